The van der Waals surface area contributed by atoms with Crippen molar-refractivity contribution in [2.45, 2.75) is 13.0 Å². The normalized spacial score (nSPS) is 15.5. The quantitative estimate of drug-likeness (QED) is 0.761. The number of fused-ring (bicyclic) bond motifs is 1. The Morgan fingerprint density at radius 3 is 3.00 bits per heavy atom. The Morgan fingerprint density at radius 1 is 1.25 bits per heavy atom. The van der Waals surface area contributed by atoms with Crippen molar-refractivity contribution in [1.29, 1.82) is 0 Å². The van der Waals surface area contributed by atoms with Crippen LogP contribution in [0.2, 0.25) is 0 Å². The molecule has 0 spiro atoms. The van der Waals surface area contributed by atoms with Crippen LogP contribution in [0.4, 0.5) is 4.39 Å². The highest BCUT2D eigenvalue weighted by Crippen LogP contribution is 2.25. The molecule has 0 radical (unpaired) electrons. The van der Waals surface area contributed by atoms with Crippen LogP contribution in [0.25, 0.3) is 17.1 Å². The first kappa shape index (κ1) is 14.5. The van der Waals surface area contributed by atoms with Gasteiger partial charge in [-0.3, -0.25) is 0 Å². The number of halogens is 1. The monoisotopic (exact) mass is 321 g/mol. The fourth-order valence-corrected chi connectivity index (χ4v) is 2.68. The molecular formula is C19H16FN3O. The molecule has 120 valence electrons. The van der Waals surface area contributed by atoms with E-state index in [2.05, 4.69) is 15.3 Å². The number of rotatable bonds is 4. The number of allylic oxidation sites excluding steroid dienone is 1. The topological polar surface area (TPSA) is 49.9 Å². The van der Waals surface area contributed by atoms with E-state index in [9.17, 15) is 4.39 Å². The first-order valence-electron chi connectivity index (χ1n) is 7.77. The summed E-state index contributed by atoms with van der Waals surface area (Å²) in [6.07, 6.45) is 8.45. The number of aromatic amines is 1. The molecule has 2 N–H and O–H groups in total. The Kier molecular flexibility index (Phi) is 3.75. The third kappa shape index (κ3) is 3.01. The second kappa shape index (κ2) is 6.20. The standard InChI is InChI=1S/C19H16FN3O/c20-15-5-3-13(4-6-15)11-22-18-8-7-16(24-18)10-14-12-23-19-17(14)2-1-9-21-19/h1-6,8-10,12,22H,7,11H2,(H,21,23). The van der Waals surface area contributed by atoms with Crippen LogP contribution >= 0.6 is 0 Å². The Morgan fingerprint density at radius 2 is 2.12 bits per heavy atom. The average molecular weight is 321 g/mol. The fraction of sp³-hybridized carbons (Fsp3) is 0.105. The SMILES string of the molecule is Fc1ccc(CNC2=CCC(=Cc3c[nH]c4ncccc34)O2)cc1. The number of H-pyrrole nitrogens is 1. The van der Waals surface area contributed by atoms with Crippen LogP contribution in [0.5, 0.6) is 0 Å². The van der Waals surface area contributed by atoms with Gasteiger partial charge in [0.2, 0.25) is 0 Å². The number of hydrogen-bond donors (Lipinski definition) is 2. The van der Waals surface area contributed by atoms with Gasteiger partial charge in [0.1, 0.15) is 17.2 Å². The van der Waals surface area contributed by atoms with Crippen molar-refractivity contribution < 1.29 is 9.13 Å². The van der Waals surface area contributed by atoms with Gasteiger partial charge in [0.25, 0.3) is 0 Å². The molecule has 0 amide bonds. The first-order chi connectivity index (χ1) is 11.8. The molecule has 5 heteroatoms. The zero-order valence-corrected chi connectivity index (χ0v) is 12.9. The Balaban J connectivity index is 1.41. The van der Waals surface area contributed by atoms with E-state index in [1.165, 1.54) is 12.1 Å². The number of nitrogens with one attached hydrogen (secondary N) is 2. The summed E-state index contributed by atoms with van der Waals surface area (Å²) in [6.45, 7) is 0.594. The maximum Gasteiger partial charge on any atom is 0.189 e. The summed E-state index contributed by atoms with van der Waals surface area (Å²) >= 11 is 0. The van der Waals surface area contributed by atoms with Gasteiger partial charge in [-0.15, -0.1) is 0 Å². The maximum absolute atomic E-state index is 12.9. The average Bonchev–Trinajstić information content (AvgIpc) is 3.22. The summed E-state index contributed by atoms with van der Waals surface area (Å²) in [5.41, 5.74) is 2.92. The number of nitrogens with zero attached hydrogens (tertiary/aromatic N) is 1. The van der Waals surface area contributed by atoms with Crippen molar-refractivity contribution >= 4 is 17.1 Å². The van der Waals surface area contributed by atoms with Crippen molar-refractivity contribution in [1.82, 2.24) is 15.3 Å². The molecule has 1 aromatic carbocycles. The van der Waals surface area contributed by atoms with Crippen LogP contribution in [-0.4, -0.2) is 9.97 Å². The number of hydrogen-bond acceptors (Lipinski definition) is 3. The zero-order chi connectivity index (χ0) is 16.4. The minimum Gasteiger partial charge on any atom is -0.446 e. The van der Waals surface area contributed by atoms with Gasteiger partial charge in [0.15, 0.2) is 5.88 Å². The molecule has 3 heterocycles. The molecule has 0 saturated heterocycles. The molecule has 0 fully saturated rings. The van der Waals surface area contributed by atoms with Gasteiger partial charge >= 0.3 is 0 Å². The van der Waals surface area contributed by atoms with Crippen molar-refractivity contribution in [2.75, 3.05) is 0 Å². The van der Waals surface area contributed by atoms with E-state index in [1.807, 2.05) is 30.5 Å². The molecular weight excluding hydrogens is 305 g/mol. The first-order valence-corrected chi connectivity index (χ1v) is 7.77. The lowest BCUT2D eigenvalue weighted by Crippen LogP contribution is -2.12. The highest BCUT2D eigenvalue weighted by Gasteiger charge is 2.12. The lowest BCUT2D eigenvalue weighted by molar-refractivity contribution is 0.295. The molecule has 0 bridgehead atoms. The van der Waals surface area contributed by atoms with Gasteiger partial charge in [-0.2, -0.15) is 0 Å². The van der Waals surface area contributed by atoms with E-state index in [1.54, 1.807) is 18.3 Å². The van der Waals surface area contributed by atoms with Crippen LogP contribution in [0.15, 0.2) is 66.5 Å². The zero-order valence-electron chi connectivity index (χ0n) is 12.9. The number of pyridine rings is 1. The molecule has 2 aromatic heterocycles. The number of aromatic nitrogens is 2. The van der Waals surface area contributed by atoms with Crippen molar-refractivity contribution in [3.8, 4) is 0 Å². The van der Waals surface area contributed by atoms with Crippen molar-refractivity contribution in [3.63, 3.8) is 0 Å². The molecule has 1 aliphatic heterocycles. The Labute approximate surface area is 138 Å². The van der Waals surface area contributed by atoms with Gasteiger partial charge in [-0.05, 0) is 42.0 Å². The molecule has 1 aliphatic rings. The van der Waals surface area contributed by atoms with Gasteiger partial charge in [-0.25, -0.2) is 9.37 Å². The van der Waals surface area contributed by atoms with E-state index in [-0.39, 0.29) is 5.82 Å². The minimum atomic E-state index is -0.228. The molecule has 0 saturated carbocycles. The molecule has 4 rings (SSSR count). The third-order valence-electron chi connectivity index (χ3n) is 3.91. The molecule has 0 unspecified atom stereocenters. The molecule has 0 aliphatic carbocycles. The predicted molar refractivity (Wildman–Crippen MR) is 91.1 cm³/mol. The van der Waals surface area contributed by atoms with Crippen LogP contribution < -0.4 is 5.32 Å². The number of ether oxygens (including phenoxy) is 1. The minimum absolute atomic E-state index is 0.228. The largest absolute Gasteiger partial charge is 0.446 e. The van der Waals surface area contributed by atoms with Gasteiger partial charge in [0, 0.05) is 36.3 Å². The van der Waals surface area contributed by atoms with E-state index >= 15 is 0 Å². The number of benzene rings is 1. The lowest BCUT2D eigenvalue weighted by Gasteiger charge is -2.08. The van der Waals surface area contributed by atoms with Crippen molar-refractivity contribution in [3.05, 3.63) is 83.5 Å². The smallest absolute Gasteiger partial charge is 0.189 e. The lowest BCUT2D eigenvalue weighted by atomic mass is 10.2. The molecule has 3 aromatic rings. The Hall–Kier alpha value is -3.08. The van der Waals surface area contributed by atoms with Crippen LogP contribution in [0.3, 0.4) is 0 Å². The molecule has 4 nitrogen and oxygen atoms in total. The van der Waals surface area contributed by atoms with Crippen molar-refractivity contribution in [2.24, 2.45) is 0 Å². The summed E-state index contributed by atoms with van der Waals surface area (Å²) in [4.78, 5) is 7.43. The highest BCUT2D eigenvalue weighted by atomic mass is 19.1. The predicted octanol–water partition coefficient (Wildman–Crippen LogP) is 4.09. The molecule has 0 atom stereocenters. The van der Waals surface area contributed by atoms with E-state index in [4.69, 9.17) is 4.74 Å². The maximum atomic E-state index is 12.9. The van der Waals surface area contributed by atoms with E-state index in [0.717, 1.165) is 40.2 Å². The summed E-state index contributed by atoms with van der Waals surface area (Å²) in [5, 5.41) is 4.29. The van der Waals surface area contributed by atoms with E-state index < -0.39 is 0 Å². The molecule has 24 heavy (non-hydrogen) atoms. The summed E-state index contributed by atoms with van der Waals surface area (Å²) in [6, 6.07) is 10.4. The van der Waals surface area contributed by atoms with Crippen LogP contribution in [0.1, 0.15) is 17.5 Å². The summed E-state index contributed by atoms with van der Waals surface area (Å²) in [5.74, 6) is 1.37. The fourth-order valence-electron chi connectivity index (χ4n) is 2.68. The van der Waals surface area contributed by atoms with Gasteiger partial charge in [0.05, 0.1) is 0 Å². The Bertz CT molecular complexity index is 925. The summed E-state index contributed by atoms with van der Waals surface area (Å²) < 4.78 is 18.7. The second-order valence-corrected chi connectivity index (χ2v) is 5.61. The second-order valence-electron chi connectivity index (χ2n) is 5.61. The summed E-state index contributed by atoms with van der Waals surface area (Å²) in [7, 11) is 0. The highest BCUT2D eigenvalue weighted by molar-refractivity contribution is 5.86. The van der Waals surface area contributed by atoms with Crippen LogP contribution in [-0.2, 0) is 11.3 Å². The van der Waals surface area contributed by atoms with Gasteiger partial charge in [-0.1, -0.05) is 12.1 Å². The van der Waals surface area contributed by atoms with E-state index in [0.29, 0.717) is 6.54 Å². The van der Waals surface area contributed by atoms with Crippen LogP contribution in [0, 0.1) is 5.82 Å². The third-order valence-corrected chi connectivity index (χ3v) is 3.91. The van der Waals surface area contributed by atoms with Gasteiger partial charge < -0.3 is 15.0 Å².